The molecule has 0 N–H and O–H groups in total. The van der Waals surface area contributed by atoms with E-state index in [1.807, 2.05) is 6.07 Å². The van der Waals surface area contributed by atoms with Gasteiger partial charge in [-0.1, -0.05) is 13.3 Å². The van der Waals surface area contributed by atoms with E-state index in [-0.39, 0.29) is 0 Å². The molecule has 2 rings (SSSR count). The summed E-state index contributed by atoms with van der Waals surface area (Å²) in [7, 11) is -3.43. The molecule has 2 unspecified atom stereocenters. The minimum Gasteiger partial charge on any atom is -0.299 e. The average Bonchev–Trinajstić information content (AvgIpc) is 2.91. The number of sulfonamides is 1. The van der Waals surface area contributed by atoms with Crippen molar-refractivity contribution in [2.24, 2.45) is 0 Å². The summed E-state index contributed by atoms with van der Waals surface area (Å²) >= 11 is 0. The standard InChI is InChI=1S/C13H23N3O2S/c1-2-13(10-14)19(17,18)16-9-6-12(11-16)15-7-4-3-5-8-15/h12-13H,2-9,11H2,1H3. The molecule has 2 aliphatic rings. The van der Waals surface area contributed by atoms with Gasteiger partial charge in [-0.15, -0.1) is 0 Å². The van der Waals surface area contributed by atoms with Crippen LogP contribution in [-0.4, -0.2) is 55.1 Å². The Morgan fingerprint density at radius 3 is 2.53 bits per heavy atom. The van der Waals surface area contributed by atoms with Crippen LogP contribution in [-0.2, 0) is 10.0 Å². The van der Waals surface area contributed by atoms with E-state index in [4.69, 9.17) is 5.26 Å². The lowest BCUT2D eigenvalue weighted by Gasteiger charge is -2.32. The number of nitrogens with zero attached hydrogens (tertiary/aromatic N) is 3. The summed E-state index contributed by atoms with van der Waals surface area (Å²) in [5.74, 6) is 0. The Kier molecular flexibility index (Phi) is 4.82. The Balaban J connectivity index is 1.99. The maximum absolute atomic E-state index is 12.3. The average molecular weight is 285 g/mol. The molecule has 0 aromatic heterocycles. The summed E-state index contributed by atoms with van der Waals surface area (Å²) in [5, 5.41) is 8.09. The first-order valence-electron chi connectivity index (χ1n) is 7.22. The van der Waals surface area contributed by atoms with Crippen molar-refractivity contribution < 1.29 is 8.42 Å². The third-order valence-corrected chi connectivity index (χ3v) is 6.48. The second-order valence-corrected chi connectivity index (χ2v) is 7.58. The van der Waals surface area contributed by atoms with Crippen LogP contribution in [0.5, 0.6) is 0 Å². The van der Waals surface area contributed by atoms with Crippen molar-refractivity contribution in [1.29, 1.82) is 5.26 Å². The van der Waals surface area contributed by atoms with Crippen LogP contribution in [0, 0.1) is 11.3 Å². The van der Waals surface area contributed by atoms with E-state index in [1.54, 1.807) is 6.92 Å². The molecule has 2 saturated heterocycles. The molecule has 0 aromatic carbocycles. The Bertz CT molecular complexity index is 437. The molecule has 5 nitrogen and oxygen atoms in total. The zero-order chi connectivity index (χ0) is 13.9. The molecule has 2 fully saturated rings. The van der Waals surface area contributed by atoms with Crippen LogP contribution in [0.2, 0.25) is 0 Å². The zero-order valence-electron chi connectivity index (χ0n) is 11.6. The highest BCUT2D eigenvalue weighted by Crippen LogP contribution is 2.24. The van der Waals surface area contributed by atoms with Crippen LogP contribution in [0.25, 0.3) is 0 Å². The van der Waals surface area contributed by atoms with Crippen molar-refractivity contribution in [3.8, 4) is 6.07 Å². The van der Waals surface area contributed by atoms with Gasteiger partial charge in [0.1, 0.15) is 0 Å². The quantitative estimate of drug-likeness (QED) is 0.778. The number of piperidine rings is 1. The largest absolute Gasteiger partial charge is 0.299 e. The van der Waals surface area contributed by atoms with Crippen molar-refractivity contribution in [3.63, 3.8) is 0 Å². The van der Waals surface area contributed by atoms with Crippen LogP contribution >= 0.6 is 0 Å². The summed E-state index contributed by atoms with van der Waals surface area (Å²) in [6, 6.07) is 2.27. The van der Waals surface area contributed by atoms with E-state index in [0.29, 0.717) is 25.6 Å². The van der Waals surface area contributed by atoms with Crippen LogP contribution in [0.15, 0.2) is 0 Å². The highest BCUT2D eigenvalue weighted by Gasteiger charge is 2.38. The molecule has 0 saturated carbocycles. The van der Waals surface area contributed by atoms with Gasteiger partial charge in [0.15, 0.2) is 5.25 Å². The zero-order valence-corrected chi connectivity index (χ0v) is 12.4. The van der Waals surface area contributed by atoms with Gasteiger partial charge in [0.25, 0.3) is 0 Å². The van der Waals surface area contributed by atoms with Gasteiger partial charge in [0, 0.05) is 19.1 Å². The third kappa shape index (κ3) is 3.10. The fourth-order valence-corrected chi connectivity index (χ4v) is 4.73. The van der Waals surface area contributed by atoms with E-state index in [1.165, 1.54) is 23.6 Å². The first-order chi connectivity index (χ1) is 9.09. The lowest BCUT2D eigenvalue weighted by Crippen LogP contribution is -2.43. The van der Waals surface area contributed by atoms with Gasteiger partial charge in [-0.2, -0.15) is 9.57 Å². The smallest absolute Gasteiger partial charge is 0.230 e. The molecule has 2 aliphatic heterocycles. The maximum Gasteiger partial charge on any atom is 0.230 e. The second kappa shape index (κ2) is 6.21. The van der Waals surface area contributed by atoms with Gasteiger partial charge in [-0.25, -0.2) is 8.42 Å². The summed E-state index contributed by atoms with van der Waals surface area (Å²) < 4.78 is 26.1. The first kappa shape index (κ1) is 14.8. The third-order valence-electron chi connectivity index (χ3n) is 4.27. The van der Waals surface area contributed by atoms with Crippen molar-refractivity contribution >= 4 is 10.0 Å². The van der Waals surface area contributed by atoms with Gasteiger partial charge in [-0.05, 0) is 38.8 Å². The normalized spacial score (nSPS) is 28.1. The van der Waals surface area contributed by atoms with Gasteiger partial charge in [-0.3, -0.25) is 4.90 Å². The Labute approximate surface area is 116 Å². The van der Waals surface area contributed by atoms with Crippen LogP contribution in [0.3, 0.4) is 0 Å². The lowest BCUT2D eigenvalue weighted by atomic mass is 10.1. The van der Waals surface area contributed by atoms with E-state index >= 15 is 0 Å². The minimum atomic E-state index is -3.43. The number of rotatable bonds is 4. The fraction of sp³-hybridized carbons (Fsp3) is 0.923. The van der Waals surface area contributed by atoms with Gasteiger partial charge >= 0.3 is 0 Å². The summed E-state index contributed by atoms with van der Waals surface area (Å²) in [4.78, 5) is 2.42. The SMILES string of the molecule is CCC(C#N)S(=O)(=O)N1CCC(N2CCCCC2)C1. The second-order valence-electron chi connectivity index (χ2n) is 5.47. The van der Waals surface area contributed by atoms with Crippen molar-refractivity contribution in [2.75, 3.05) is 26.2 Å². The number of hydrogen-bond acceptors (Lipinski definition) is 4. The Morgan fingerprint density at radius 2 is 1.95 bits per heavy atom. The molecule has 0 amide bonds. The van der Waals surface area contributed by atoms with E-state index in [2.05, 4.69) is 4.90 Å². The monoisotopic (exact) mass is 285 g/mol. The Hall–Kier alpha value is -0.640. The van der Waals surface area contributed by atoms with Crippen molar-refractivity contribution in [1.82, 2.24) is 9.21 Å². The van der Waals surface area contributed by atoms with Crippen LogP contribution < -0.4 is 0 Å². The van der Waals surface area contributed by atoms with Crippen molar-refractivity contribution in [3.05, 3.63) is 0 Å². The van der Waals surface area contributed by atoms with E-state index < -0.39 is 15.3 Å². The molecule has 0 aliphatic carbocycles. The van der Waals surface area contributed by atoms with E-state index in [9.17, 15) is 8.42 Å². The molecule has 6 heteroatoms. The van der Waals surface area contributed by atoms with Crippen molar-refractivity contribution in [2.45, 2.75) is 50.3 Å². The molecule has 0 aromatic rings. The number of hydrogen-bond donors (Lipinski definition) is 0. The number of nitriles is 1. The Morgan fingerprint density at radius 1 is 1.26 bits per heavy atom. The predicted octanol–water partition coefficient (Wildman–Crippen LogP) is 1.18. The summed E-state index contributed by atoms with van der Waals surface area (Å²) in [6.07, 6.45) is 5.00. The molecule has 108 valence electrons. The first-order valence-corrected chi connectivity index (χ1v) is 8.72. The lowest BCUT2D eigenvalue weighted by molar-refractivity contribution is 0.169. The van der Waals surface area contributed by atoms with Gasteiger partial charge < -0.3 is 0 Å². The molecule has 2 heterocycles. The fourth-order valence-electron chi connectivity index (χ4n) is 3.07. The number of likely N-dealkylation sites (tertiary alicyclic amines) is 1. The van der Waals surface area contributed by atoms with Gasteiger partial charge in [0.2, 0.25) is 10.0 Å². The highest BCUT2D eigenvalue weighted by atomic mass is 32.2. The maximum atomic E-state index is 12.3. The molecule has 19 heavy (non-hydrogen) atoms. The molecule has 0 radical (unpaired) electrons. The molecule has 0 bridgehead atoms. The topological polar surface area (TPSA) is 64.4 Å². The van der Waals surface area contributed by atoms with Crippen LogP contribution in [0.4, 0.5) is 0 Å². The molecule has 2 atom stereocenters. The minimum absolute atomic E-state index is 0.353. The summed E-state index contributed by atoms with van der Waals surface area (Å²) in [6.45, 7) is 5.08. The van der Waals surface area contributed by atoms with E-state index in [0.717, 1.165) is 19.5 Å². The summed E-state index contributed by atoms with van der Waals surface area (Å²) in [5.41, 5.74) is 0. The molecular weight excluding hydrogens is 262 g/mol. The van der Waals surface area contributed by atoms with Crippen LogP contribution in [0.1, 0.15) is 39.0 Å². The highest BCUT2D eigenvalue weighted by molar-refractivity contribution is 7.90. The predicted molar refractivity (Wildman–Crippen MR) is 74.0 cm³/mol. The molecular formula is C13H23N3O2S. The van der Waals surface area contributed by atoms with Gasteiger partial charge in [0.05, 0.1) is 6.07 Å². The molecule has 0 spiro atoms.